The number of nitrogens with zero attached hydrogens (tertiary/aromatic N) is 6. The van der Waals surface area contributed by atoms with E-state index in [2.05, 4.69) is 37.3 Å². The van der Waals surface area contributed by atoms with Gasteiger partial charge in [0.2, 0.25) is 0 Å². The highest BCUT2D eigenvalue weighted by atomic mass is 16.1. The summed E-state index contributed by atoms with van der Waals surface area (Å²) in [5.74, 6) is 0.618. The van der Waals surface area contributed by atoms with E-state index in [1.807, 2.05) is 36.4 Å². The summed E-state index contributed by atoms with van der Waals surface area (Å²) in [6, 6.07) is 15.1. The summed E-state index contributed by atoms with van der Waals surface area (Å²) in [7, 11) is 0. The first kappa shape index (κ1) is 15.9. The molecule has 8 heteroatoms. The Morgan fingerprint density at radius 1 is 1.12 bits per heavy atom. The zero-order valence-electron chi connectivity index (χ0n) is 14.2. The van der Waals surface area contributed by atoms with Crippen LogP contribution in [0.25, 0.3) is 16.7 Å². The van der Waals surface area contributed by atoms with Gasteiger partial charge in [-0.05, 0) is 41.6 Å². The van der Waals surface area contributed by atoms with Gasteiger partial charge in [-0.25, -0.2) is 4.98 Å². The number of imidazole rings is 1. The quantitative estimate of drug-likeness (QED) is 0.596. The predicted octanol–water partition coefficient (Wildman–Crippen LogP) is 1.96. The van der Waals surface area contributed by atoms with Crippen LogP contribution in [0.4, 0.5) is 0 Å². The Bertz CT molecular complexity index is 1050. The van der Waals surface area contributed by atoms with Crippen molar-refractivity contribution < 1.29 is 4.79 Å². The van der Waals surface area contributed by atoms with Gasteiger partial charge < -0.3 is 9.88 Å². The Morgan fingerprint density at radius 3 is 2.73 bits per heavy atom. The smallest absolute Gasteiger partial charge is 0.253 e. The monoisotopic (exact) mass is 347 g/mol. The van der Waals surface area contributed by atoms with Crippen LogP contribution in [0.5, 0.6) is 0 Å². The minimum Gasteiger partial charge on any atom is -0.345 e. The van der Waals surface area contributed by atoms with E-state index >= 15 is 0 Å². The number of aryl methyl sites for hydroxylation is 1. The number of hydrogen-bond donors (Lipinski definition) is 1. The van der Waals surface area contributed by atoms with Gasteiger partial charge in [0.05, 0.1) is 28.8 Å². The number of aromatic nitrogens is 6. The molecule has 4 aromatic rings. The third-order valence-corrected chi connectivity index (χ3v) is 4.20. The second-order valence-corrected chi connectivity index (χ2v) is 5.72. The Hall–Kier alpha value is -3.55. The Balaban J connectivity index is 1.59. The molecule has 1 N–H and O–H groups in total. The number of hydrogen-bond acceptors (Lipinski definition) is 5. The zero-order chi connectivity index (χ0) is 17.9. The van der Waals surface area contributed by atoms with Crippen molar-refractivity contribution in [2.75, 3.05) is 0 Å². The lowest BCUT2D eigenvalue weighted by Gasteiger charge is -2.10. The van der Waals surface area contributed by atoms with Crippen molar-refractivity contribution in [3.63, 3.8) is 0 Å². The largest absolute Gasteiger partial charge is 0.345 e. The molecular weight excluding hydrogens is 330 g/mol. The summed E-state index contributed by atoms with van der Waals surface area (Å²) in [6.45, 7) is 3.19. The number of para-hydroxylation sites is 3. The van der Waals surface area contributed by atoms with E-state index in [0.29, 0.717) is 17.8 Å². The van der Waals surface area contributed by atoms with Gasteiger partial charge in [0.1, 0.15) is 12.2 Å². The van der Waals surface area contributed by atoms with Crippen LogP contribution in [0.3, 0.4) is 0 Å². The molecule has 0 unspecified atom stereocenters. The molecule has 2 aromatic heterocycles. The number of tetrazole rings is 1. The van der Waals surface area contributed by atoms with E-state index in [9.17, 15) is 4.79 Å². The third kappa shape index (κ3) is 2.81. The highest BCUT2D eigenvalue weighted by Crippen LogP contribution is 2.16. The van der Waals surface area contributed by atoms with Gasteiger partial charge in [-0.3, -0.25) is 4.79 Å². The number of benzene rings is 2. The van der Waals surface area contributed by atoms with Crippen LogP contribution in [-0.2, 0) is 13.1 Å². The summed E-state index contributed by atoms with van der Waals surface area (Å²) < 4.78 is 3.57. The Labute approximate surface area is 149 Å². The lowest BCUT2D eigenvalue weighted by Crippen LogP contribution is -2.26. The minimum absolute atomic E-state index is 0.203. The number of carbonyl (C=O) groups excluding carboxylic acids is 1. The maximum atomic E-state index is 12.7. The first-order valence-electron chi connectivity index (χ1n) is 8.32. The summed E-state index contributed by atoms with van der Waals surface area (Å²) in [4.78, 5) is 17.4. The number of carbonyl (C=O) groups is 1. The van der Waals surface area contributed by atoms with Crippen LogP contribution in [0.15, 0.2) is 54.9 Å². The number of rotatable bonds is 5. The van der Waals surface area contributed by atoms with Gasteiger partial charge >= 0.3 is 0 Å². The average molecular weight is 347 g/mol. The molecule has 0 spiro atoms. The fraction of sp³-hybridized carbons (Fsp3) is 0.167. The molecule has 0 fully saturated rings. The van der Waals surface area contributed by atoms with E-state index in [0.717, 1.165) is 23.4 Å². The van der Waals surface area contributed by atoms with E-state index in [1.165, 1.54) is 11.0 Å². The van der Waals surface area contributed by atoms with Gasteiger partial charge in [0.15, 0.2) is 0 Å². The fourth-order valence-electron chi connectivity index (χ4n) is 3.00. The first-order valence-corrected chi connectivity index (χ1v) is 8.32. The van der Waals surface area contributed by atoms with Crippen molar-refractivity contribution in [3.8, 4) is 5.69 Å². The Kier molecular flexibility index (Phi) is 4.14. The molecular formula is C18H17N7O. The molecule has 2 heterocycles. The summed E-state index contributed by atoms with van der Waals surface area (Å²) >= 11 is 0. The fourth-order valence-corrected chi connectivity index (χ4v) is 3.00. The lowest BCUT2D eigenvalue weighted by molar-refractivity contribution is 0.0949. The predicted molar refractivity (Wildman–Crippen MR) is 95.7 cm³/mol. The highest BCUT2D eigenvalue weighted by molar-refractivity contribution is 5.97. The number of nitrogens with one attached hydrogen (secondary N) is 1. The van der Waals surface area contributed by atoms with Crippen LogP contribution < -0.4 is 5.32 Å². The van der Waals surface area contributed by atoms with Gasteiger partial charge in [-0.15, -0.1) is 5.10 Å². The summed E-state index contributed by atoms with van der Waals surface area (Å²) in [6.07, 6.45) is 1.46. The topological polar surface area (TPSA) is 90.5 Å². The van der Waals surface area contributed by atoms with E-state index in [-0.39, 0.29) is 5.91 Å². The van der Waals surface area contributed by atoms with Crippen molar-refractivity contribution in [2.45, 2.75) is 20.0 Å². The number of fused-ring (bicyclic) bond motifs is 1. The van der Waals surface area contributed by atoms with E-state index in [4.69, 9.17) is 0 Å². The molecule has 0 saturated heterocycles. The molecule has 0 radical (unpaired) electrons. The molecule has 0 aliphatic rings. The van der Waals surface area contributed by atoms with Crippen molar-refractivity contribution in [2.24, 2.45) is 0 Å². The summed E-state index contributed by atoms with van der Waals surface area (Å²) in [5, 5.41) is 14.1. The average Bonchev–Trinajstić information content (AvgIpc) is 3.33. The van der Waals surface area contributed by atoms with E-state index < -0.39 is 0 Å². The highest BCUT2D eigenvalue weighted by Gasteiger charge is 2.15. The van der Waals surface area contributed by atoms with Gasteiger partial charge in [-0.1, -0.05) is 24.3 Å². The van der Waals surface area contributed by atoms with Gasteiger partial charge in [-0.2, -0.15) is 4.68 Å². The molecule has 8 nitrogen and oxygen atoms in total. The molecule has 0 aliphatic carbocycles. The molecule has 2 aromatic carbocycles. The lowest BCUT2D eigenvalue weighted by atomic mass is 10.1. The molecule has 0 aliphatic heterocycles. The molecule has 130 valence electrons. The first-order chi connectivity index (χ1) is 12.8. The third-order valence-electron chi connectivity index (χ3n) is 4.20. The van der Waals surface area contributed by atoms with Crippen LogP contribution in [0, 0.1) is 0 Å². The van der Waals surface area contributed by atoms with Gasteiger partial charge in [0.25, 0.3) is 5.91 Å². The van der Waals surface area contributed by atoms with E-state index in [1.54, 1.807) is 12.1 Å². The van der Waals surface area contributed by atoms with Crippen LogP contribution in [-0.4, -0.2) is 35.7 Å². The maximum Gasteiger partial charge on any atom is 0.253 e. The van der Waals surface area contributed by atoms with Crippen LogP contribution in [0.1, 0.15) is 23.1 Å². The Morgan fingerprint density at radius 2 is 1.92 bits per heavy atom. The maximum absolute atomic E-state index is 12.7. The minimum atomic E-state index is -0.203. The zero-order valence-corrected chi connectivity index (χ0v) is 14.2. The van der Waals surface area contributed by atoms with Crippen LogP contribution in [0.2, 0.25) is 0 Å². The van der Waals surface area contributed by atoms with Crippen molar-refractivity contribution in [3.05, 3.63) is 66.2 Å². The van der Waals surface area contributed by atoms with Crippen molar-refractivity contribution >= 4 is 16.9 Å². The molecule has 1 amide bonds. The summed E-state index contributed by atoms with van der Waals surface area (Å²) in [5.41, 5.74) is 3.11. The number of amides is 1. The second kappa shape index (κ2) is 6.75. The molecule has 0 saturated carbocycles. The standard InChI is InChI=1S/C18H17N7O/c1-2-24-16-10-6-4-8-14(16)21-17(24)11-19-18(26)13-7-3-5-9-15(13)25-12-20-22-23-25/h3-10,12H,2,11H2,1H3,(H,19,26). The second-order valence-electron chi connectivity index (χ2n) is 5.72. The SMILES string of the molecule is CCn1c(CNC(=O)c2ccccc2-n2cnnn2)nc2ccccc21. The molecule has 0 atom stereocenters. The van der Waals surface area contributed by atoms with Crippen molar-refractivity contribution in [1.82, 2.24) is 35.1 Å². The molecule has 0 bridgehead atoms. The normalized spacial score (nSPS) is 11.0. The van der Waals surface area contributed by atoms with Crippen LogP contribution >= 0.6 is 0 Å². The van der Waals surface area contributed by atoms with Gasteiger partial charge in [0, 0.05) is 6.54 Å². The molecule has 4 rings (SSSR count). The van der Waals surface area contributed by atoms with Crippen molar-refractivity contribution in [1.29, 1.82) is 0 Å². The molecule has 26 heavy (non-hydrogen) atoms.